The van der Waals surface area contributed by atoms with Crippen LogP contribution in [-0.4, -0.2) is 37.6 Å². The zero-order valence-electron chi connectivity index (χ0n) is 12.4. The van der Waals surface area contributed by atoms with E-state index in [2.05, 4.69) is 37.9 Å². The van der Waals surface area contributed by atoms with Gasteiger partial charge in [0, 0.05) is 6.54 Å². The molecule has 0 spiro atoms. The summed E-state index contributed by atoms with van der Waals surface area (Å²) in [6, 6.07) is 0. The highest BCUT2D eigenvalue weighted by molar-refractivity contribution is 4.81. The van der Waals surface area contributed by atoms with E-state index in [1.807, 2.05) is 0 Å². The number of hydrogen-bond acceptors (Lipinski definition) is 2. The molecular weight excluding hydrogens is 208 g/mol. The minimum atomic E-state index is 0.625. The number of likely N-dealkylation sites (tertiary alicyclic amines) is 1. The topological polar surface area (TPSA) is 15.3 Å². The van der Waals surface area contributed by atoms with Gasteiger partial charge in [-0.2, -0.15) is 0 Å². The molecule has 1 aliphatic rings. The van der Waals surface area contributed by atoms with Crippen LogP contribution in [0.1, 0.15) is 53.4 Å². The van der Waals surface area contributed by atoms with Crippen LogP contribution >= 0.6 is 0 Å². The van der Waals surface area contributed by atoms with E-state index < -0.39 is 0 Å². The summed E-state index contributed by atoms with van der Waals surface area (Å²) in [6.45, 7) is 15.6. The summed E-state index contributed by atoms with van der Waals surface area (Å²) in [5.41, 5.74) is 0.625. The first-order chi connectivity index (χ1) is 8.09. The van der Waals surface area contributed by atoms with E-state index in [0.29, 0.717) is 5.41 Å². The molecule has 1 aliphatic heterocycles. The Labute approximate surface area is 108 Å². The van der Waals surface area contributed by atoms with Crippen LogP contribution in [0.4, 0.5) is 0 Å². The highest BCUT2D eigenvalue weighted by atomic mass is 15.1. The molecule has 1 saturated heterocycles. The number of nitrogens with zero attached hydrogens (tertiary/aromatic N) is 1. The molecule has 102 valence electrons. The molecule has 17 heavy (non-hydrogen) atoms. The molecule has 2 nitrogen and oxygen atoms in total. The Morgan fingerprint density at radius 2 is 1.88 bits per heavy atom. The maximum absolute atomic E-state index is 3.53. The normalized spacial score (nSPS) is 22.6. The second-order valence-corrected chi connectivity index (χ2v) is 6.27. The van der Waals surface area contributed by atoms with Crippen LogP contribution in [0, 0.1) is 11.3 Å². The molecule has 0 amide bonds. The Balaban J connectivity index is 2.17. The Kier molecular flexibility index (Phi) is 6.50. The lowest BCUT2D eigenvalue weighted by atomic mass is 9.78. The van der Waals surface area contributed by atoms with Crippen LogP contribution in [0.3, 0.4) is 0 Å². The second-order valence-electron chi connectivity index (χ2n) is 6.27. The molecule has 1 heterocycles. The fraction of sp³-hybridized carbons (Fsp3) is 1.00. The third-order valence-electron chi connectivity index (χ3n) is 4.41. The first kappa shape index (κ1) is 15.0. The third-order valence-corrected chi connectivity index (χ3v) is 4.41. The van der Waals surface area contributed by atoms with Crippen molar-refractivity contribution in [1.29, 1.82) is 0 Å². The van der Waals surface area contributed by atoms with Crippen LogP contribution in [0.2, 0.25) is 0 Å². The quantitative estimate of drug-likeness (QED) is 0.688. The van der Waals surface area contributed by atoms with E-state index in [4.69, 9.17) is 0 Å². The summed E-state index contributed by atoms with van der Waals surface area (Å²) in [4.78, 5) is 2.66. The van der Waals surface area contributed by atoms with Gasteiger partial charge in [0.15, 0.2) is 0 Å². The molecule has 0 aromatic carbocycles. The average Bonchev–Trinajstić information content (AvgIpc) is 2.33. The monoisotopic (exact) mass is 240 g/mol. The van der Waals surface area contributed by atoms with Crippen molar-refractivity contribution in [3.8, 4) is 0 Å². The molecule has 1 fully saturated rings. The molecule has 0 aromatic heterocycles. The molecule has 1 rings (SSSR count). The fourth-order valence-electron chi connectivity index (χ4n) is 2.66. The van der Waals surface area contributed by atoms with Gasteiger partial charge in [-0.3, -0.25) is 0 Å². The third kappa shape index (κ3) is 5.39. The van der Waals surface area contributed by atoms with E-state index in [-0.39, 0.29) is 0 Å². The molecule has 1 atom stereocenters. The minimum absolute atomic E-state index is 0.625. The van der Waals surface area contributed by atoms with Gasteiger partial charge < -0.3 is 10.2 Å². The summed E-state index contributed by atoms with van der Waals surface area (Å²) in [6.07, 6.45) is 5.36. The highest BCUT2D eigenvalue weighted by Gasteiger charge is 2.28. The zero-order chi connectivity index (χ0) is 12.7. The van der Waals surface area contributed by atoms with Crippen molar-refractivity contribution < 1.29 is 0 Å². The highest BCUT2D eigenvalue weighted by Crippen LogP contribution is 2.33. The maximum atomic E-state index is 3.53. The summed E-state index contributed by atoms with van der Waals surface area (Å²) in [7, 11) is 0. The minimum Gasteiger partial charge on any atom is -0.316 e. The smallest absolute Gasteiger partial charge is 0.00191 e. The van der Waals surface area contributed by atoms with Crippen molar-refractivity contribution >= 4 is 0 Å². The van der Waals surface area contributed by atoms with Crippen LogP contribution in [-0.2, 0) is 0 Å². The van der Waals surface area contributed by atoms with Gasteiger partial charge in [-0.1, -0.05) is 34.1 Å². The van der Waals surface area contributed by atoms with Gasteiger partial charge in [-0.15, -0.1) is 0 Å². The van der Waals surface area contributed by atoms with Gasteiger partial charge in [0.05, 0.1) is 0 Å². The molecule has 0 aromatic rings. The molecule has 0 aliphatic carbocycles. The Hall–Kier alpha value is -0.0800. The van der Waals surface area contributed by atoms with Crippen molar-refractivity contribution in [2.45, 2.75) is 53.4 Å². The SMILES string of the molecule is CCCNCC(C)CN1CCC(C)(CC)CC1. The van der Waals surface area contributed by atoms with E-state index in [9.17, 15) is 0 Å². The Bertz CT molecular complexity index is 195. The molecule has 1 unspecified atom stereocenters. The fourth-order valence-corrected chi connectivity index (χ4v) is 2.66. The van der Waals surface area contributed by atoms with Gasteiger partial charge >= 0.3 is 0 Å². The summed E-state index contributed by atoms with van der Waals surface area (Å²) in [5.74, 6) is 0.785. The predicted molar refractivity (Wildman–Crippen MR) is 76.4 cm³/mol. The van der Waals surface area contributed by atoms with Gasteiger partial charge in [-0.05, 0) is 56.8 Å². The van der Waals surface area contributed by atoms with E-state index in [0.717, 1.165) is 12.5 Å². The summed E-state index contributed by atoms with van der Waals surface area (Å²) >= 11 is 0. The summed E-state index contributed by atoms with van der Waals surface area (Å²) in [5, 5.41) is 3.53. The van der Waals surface area contributed by atoms with Gasteiger partial charge in [0.25, 0.3) is 0 Å². The second kappa shape index (κ2) is 7.38. The molecule has 0 saturated carbocycles. The van der Waals surface area contributed by atoms with E-state index >= 15 is 0 Å². The van der Waals surface area contributed by atoms with E-state index in [1.165, 1.54) is 51.9 Å². The van der Waals surface area contributed by atoms with E-state index in [1.54, 1.807) is 0 Å². The molecular formula is C15H32N2. The lowest BCUT2D eigenvalue weighted by Gasteiger charge is -2.39. The molecule has 1 N–H and O–H groups in total. The predicted octanol–water partition coefficient (Wildman–Crippen LogP) is 3.13. The van der Waals surface area contributed by atoms with Crippen molar-refractivity contribution in [3.63, 3.8) is 0 Å². The number of nitrogens with one attached hydrogen (secondary N) is 1. The average molecular weight is 240 g/mol. The largest absolute Gasteiger partial charge is 0.316 e. The number of hydrogen-bond donors (Lipinski definition) is 1. The zero-order valence-corrected chi connectivity index (χ0v) is 12.4. The first-order valence-corrected chi connectivity index (χ1v) is 7.52. The van der Waals surface area contributed by atoms with Crippen LogP contribution in [0.15, 0.2) is 0 Å². The van der Waals surface area contributed by atoms with Crippen molar-refractivity contribution in [3.05, 3.63) is 0 Å². The van der Waals surface area contributed by atoms with Crippen molar-refractivity contribution in [1.82, 2.24) is 10.2 Å². The molecule has 2 heteroatoms. The number of piperidine rings is 1. The van der Waals surface area contributed by atoms with Gasteiger partial charge in [-0.25, -0.2) is 0 Å². The van der Waals surface area contributed by atoms with Crippen LogP contribution in [0.5, 0.6) is 0 Å². The summed E-state index contributed by atoms with van der Waals surface area (Å²) < 4.78 is 0. The lowest BCUT2D eigenvalue weighted by molar-refractivity contribution is 0.103. The van der Waals surface area contributed by atoms with Crippen molar-refractivity contribution in [2.75, 3.05) is 32.7 Å². The van der Waals surface area contributed by atoms with Crippen LogP contribution in [0.25, 0.3) is 0 Å². The van der Waals surface area contributed by atoms with Gasteiger partial charge in [0.2, 0.25) is 0 Å². The Morgan fingerprint density at radius 1 is 1.24 bits per heavy atom. The maximum Gasteiger partial charge on any atom is 0.00191 e. The number of rotatable bonds is 7. The molecule has 0 radical (unpaired) electrons. The lowest BCUT2D eigenvalue weighted by Crippen LogP contribution is -2.41. The standard InChI is InChI=1S/C15H32N2/c1-5-9-16-12-14(3)13-17-10-7-15(4,6-2)8-11-17/h14,16H,5-13H2,1-4H3. The molecule has 0 bridgehead atoms. The van der Waals surface area contributed by atoms with Crippen LogP contribution < -0.4 is 5.32 Å². The Morgan fingerprint density at radius 3 is 2.41 bits per heavy atom. The first-order valence-electron chi connectivity index (χ1n) is 7.52. The van der Waals surface area contributed by atoms with Crippen molar-refractivity contribution in [2.24, 2.45) is 11.3 Å². The van der Waals surface area contributed by atoms with Gasteiger partial charge in [0.1, 0.15) is 0 Å².